The van der Waals surface area contributed by atoms with Crippen LogP contribution < -0.4 is 5.73 Å². The van der Waals surface area contributed by atoms with E-state index in [1.54, 1.807) is 4.90 Å². The second-order valence-electron chi connectivity index (χ2n) is 7.02. The molecule has 0 aliphatic carbocycles. The second kappa shape index (κ2) is 4.48. The van der Waals surface area contributed by atoms with Crippen molar-refractivity contribution in [1.82, 2.24) is 4.90 Å². The molecule has 0 saturated carbocycles. The molecule has 17 heavy (non-hydrogen) atoms. The first-order valence-corrected chi connectivity index (χ1v) is 6.24. The normalized spacial score (nSPS) is 26.2. The highest BCUT2D eigenvalue weighted by Gasteiger charge is 2.40. The third-order valence-corrected chi connectivity index (χ3v) is 3.13. The van der Waals surface area contributed by atoms with E-state index in [9.17, 15) is 4.79 Å². The maximum atomic E-state index is 11.9. The molecule has 4 nitrogen and oxygen atoms in total. The van der Waals surface area contributed by atoms with E-state index < -0.39 is 5.60 Å². The lowest BCUT2D eigenvalue weighted by molar-refractivity contribution is 0.0278. The fourth-order valence-electron chi connectivity index (χ4n) is 2.22. The van der Waals surface area contributed by atoms with Crippen LogP contribution in [0.15, 0.2) is 0 Å². The molecule has 1 aliphatic rings. The lowest BCUT2D eigenvalue weighted by Crippen LogP contribution is -2.37. The Hall–Kier alpha value is -0.770. The molecule has 0 spiro atoms. The molecular formula is C13H26N2O2. The largest absolute Gasteiger partial charge is 0.444 e. The summed E-state index contributed by atoms with van der Waals surface area (Å²) in [5, 5.41) is 0. The van der Waals surface area contributed by atoms with Crippen LogP contribution in [0.1, 0.15) is 41.5 Å². The summed E-state index contributed by atoms with van der Waals surface area (Å²) < 4.78 is 5.36. The monoisotopic (exact) mass is 242 g/mol. The Balaban J connectivity index is 2.63. The molecule has 100 valence electrons. The first-order valence-electron chi connectivity index (χ1n) is 6.24. The number of ether oxygens (including phenoxy) is 1. The summed E-state index contributed by atoms with van der Waals surface area (Å²) >= 11 is 0. The molecule has 1 heterocycles. The first kappa shape index (κ1) is 14.3. The van der Waals surface area contributed by atoms with E-state index in [1.165, 1.54) is 0 Å². The lowest BCUT2D eigenvalue weighted by Gasteiger charge is -2.29. The van der Waals surface area contributed by atoms with Crippen LogP contribution in [0.2, 0.25) is 0 Å². The number of nitrogens with two attached hydrogens (primary N) is 1. The van der Waals surface area contributed by atoms with Crippen molar-refractivity contribution in [3.8, 4) is 0 Å². The van der Waals surface area contributed by atoms with E-state index in [1.807, 2.05) is 20.8 Å². The number of nitrogens with zero attached hydrogens (tertiary/aromatic N) is 1. The van der Waals surface area contributed by atoms with Gasteiger partial charge in [-0.3, -0.25) is 0 Å². The van der Waals surface area contributed by atoms with Gasteiger partial charge in [-0.25, -0.2) is 4.79 Å². The van der Waals surface area contributed by atoms with Gasteiger partial charge in [0.15, 0.2) is 0 Å². The van der Waals surface area contributed by atoms with Gasteiger partial charge in [-0.1, -0.05) is 20.8 Å². The Morgan fingerprint density at radius 1 is 1.18 bits per heavy atom. The van der Waals surface area contributed by atoms with Gasteiger partial charge in [-0.15, -0.1) is 0 Å². The fourth-order valence-corrected chi connectivity index (χ4v) is 2.22. The standard InChI is InChI=1S/C13H26N2O2/c1-12(2,3)9-7-15(8-10(9)14)11(16)17-13(4,5)6/h9-10H,7-8,14H2,1-6H3. The van der Waals surface area contributed by atoms with Gasteiger partial charge < -0.3 is 15.4 Å². The van der Waals surface area contributed by atoms with Crippen molar-refractivity contribution in [2.24, 2.45) is 17.1 Å². The number of carbonyl (C=O) groups excluding carboxylic acids is 1. The minimum absolute atomic E-state index is 0.0440. The number of hydrogen-bond acceptors (Lipinski definition) is 3. The van der Waals surface area contributed by atoms with Crippen molar-refractivity contribution in [2.45, 2.75) is 53.2 Å². The Morgan fingerprint density at radius 2 is 1.71 bits per heavy atom. The zero-order valence-corrected chi connectivity index (χ0v) is 11.9. The fraction of sp³-hybridized carbons (Fsp3) is 0.923. The van der Waals surface area contributed by atoms with Crippen LogP contribution in [0.5, 0.6) is 0 Å². The molecule has 1 saturated heterocycles. The Kier molecular flexibility index (Phi) is 3.77. The molecule has 0 aromatic rings. The van der Waals surface area contributed by atoms with Gasteiger partial charge in [0.05, 0.1) is 0 Å². The predicted molar refractivity (Wildman–Crippen MR) is 68.7 cm³/mol. The average Bonchev–Trinajstić information content (AvgIpc) is 2.42. The quantitative estimate of drug-likeness (QED) is 0.708. The molecular weight excluding hydrogens is 216 g/mol. The van der Waals surface area contributed by atoms with Crippen molar-refractivity contribution in [3.05, 3.63) is 0 Å². The SMILES string of the molecule is CC(C)(C)OC(=O)N1CC(N)C(C(C)(C)C)C1. The van der Waals surface area contributed by atoms with E-state index in [-0.39, 0.29) is 17.6 Å². The maximum absolute atomic E-state index is 11.9. The zero-order chi connectivity index (χ0) is 13.4. The summed E-state index contributed by atoms with van der Waals surface area (Å²) in [5.41, 5.74) is 5.79. The van der Waals surface area contributed by atoms with Crippen LogP contribution in [0, 0.1) is 11.3 Å². The van der Waals surface area contributed by atoms with Gasteiger partial charge >= 0.3 is 6.09 Å². The van der Waals surface area contributed by atoms with Crippen LogP contribution in [0.3, 0.4) is 0 Å². The Bertz CT molecular complexity index is 289. The Labute approximate surface area is 104 Å². The molecule has 0 radical (unpaired) electrons. The molecule has 0 aromatic heterocycles. The maximum Gasteiger partial charge on any atom is 0.410 e. The summed E-state index contributed by atoms with van der Waals surface area (Å²) in [6, 6.07) is 0.0440. The van der Waals surface area contributed by atoms with E-state index in [0.29, 0.717) is 19.0 Å². The summed E-state index contributed by atoms with van der Waals surface area (Å²) in [5.74, 6) is 0.329. The third kappa shape index (κ3) is 3.87. The number of rotatable bonds is 0. The smallest absolute Gasteiger partial charge is 0.410 e. The number of amides is 1. The number of carbonyl (C=O) groups is 1. The van der Waals surface area contributed by atoms with Gasteiger partial charge in [0, 0.05) is 19.1 Å². The molecule has 2 atom stereocenters. The molecule has 1 aliphatic heterocycles. The molecule has 0 aromatic carbocycles. The van der Waals surface area contributed by atoms with Crippen molar-refractivity contribution in [3.63, 3.8) is 0 Å². The third-order valence-electron chi connectivity index (χ3n) is 3.13. The minimum atomic E-state index is -0.443. The van der Waals surface area contributed by atoms with Crippen molar-refractivity contribution in [2.75, 3.05) is 13.1 Å². The van der Waals surface area contributed by atoms with Crippen LogP contribution in [-0.2, 0) is 4.74 Å². The summed E-state index contributed by atoms with van der Waals surface area (Å²) in [6.07, 6.45) is -0.250. The van der Waals surface area contributed by atoms with Gasteiger partial charge in [0.2, 0.25) is 0 Å². The molecule has 1 rings (SSSR count). The van der Waals surface area contributed by atoms with Gasteiger partial charge in [-0.2, -0.15) is 0 Å². The van der Waals surface area contributed by atoms with E-state index >= 15 is 0 Å². The molecule has 2 unspecified atom stereocenters. The molecule has 1 fully saturated rings. The van der Waals surface area contributed by atoms with E-state index in [4.69, 9.17) is 10.5 Å². The Morgan fingerprint density at radius 3 is 2.06 bits per heavy atom. The first-order chi connectivity index (χ1) is 7.50. The van der Waals surface area contributed by atoms with Gasteiger partial charge in [0.1, 0.15) is 5.60 Å². The van der Waals surface area contributed by atoms with Crippen LogP contribution in [0.25, 0.3) is 0 Å². The molecule has 0 bridgehead atoms. The van der Waals surface area contributed by atoms with E-state index in [2.05, 4.69) is 20.8 Å². The highest BCUT2D eigenvalue weighted by molar-refractivity contribution is 5.68. The summed E-state index contributed by atoms with van der Waals surface area (Å²) in [4.78, 5) is 13.7. The number of hydrogen-bond donors (Lipinski definition) is 1. The summed E-state index contributed by atoms with van der Waals surface area (Å²) in [7, 11) is 0. The minimum Gasteiger partial charge on any atom is -0.444 e. The van der Waals surface area contributed by atoms with Gasteiger partial charge in [-0.05, 0) is 32.1 Å². The van der Waals surface area contributed by atoms with Crippen LogP contribution in [-0.4, -0.2) is 35.7 Å². The van der Waals surface area contributed by atoms with Crippen LogP contribution >= 0.6 is 0 Å². The zero-order valence-electron chi connectivity index (χ0n) is 11.9. The summed E-state index contributed by atoms with van der Waals surface area (Å²) in [6.45, 7) is 13.4. The topological polar surface area (TPSA) is 55.6 Å². The predicted octanol–water partition coefficient (Wildman–Crippen LogP) is 2.23. The molecule has 2 N–H and O–H groups in total. The molecule has 4 heteroatoms. The van der Waals surface area contributed by atoms with E-state index in [0.717, 1.165) is 0 Å². The second-order valence-corrected chi connectivity index (χ2v) is 7.02. The van der Waals surface area contributed by atoms with Crippen LogP contribution in [0.4, 0.5) is 4.79 Å². The highest BCUT2D eigenvalue weighted by atomic mass is 16.6. The highest BCUT2D eigenvalue weighted by Crippen LogP contribution is 2.33. The van der Waals surface area contributed by atoms with Crippen molar-refractivity contribution < 1.29 is 9.53 Å². The number of likely N-dealkylation sites (tertiary alicyclic amines) is 1. The van der Waals surface area contributed by atoms with Crippen molar-refractivity contribution in [1.29, 1.82) is 0 Å². The van der Waals surface area contributed by atoms with Crippen molar-refractivity contribution >= 4 is 6.09 Å². The van der Waals surface area contributed by atoms with Gasteiger partial charge in [0.25, 0.3) is 0 Å². The average molecular weight is 242 g/mol. The lowest BCUT2D eigenvalue weighted by atomic mass is 9.78. The molecule has 1 amide bonds.